The van der Waals surface area contributed by atoms with Gasteiger partial charge in [0.25, 0.3) is 0 Å². The van der Waals surface area contributed by atoms with E-state index < -0.39 is 0 Å². The minimum absolute atomic E-state index is 0. The van der Waals surface area contributed by atoms with Gasteiger partial charge in [-0.1, -0.05) is 147 Å². The summed E-state index contributed by atoms with van der Waals surface area (Å²) in [6, 6.07) is 0. The van der Waals surface area contributed by atoms with Crippen molar-refractivity contribution in [3.63, 3.8) is 0 Å². The second kappa shape index (κ2) is 38.6. The standard InChI is InChI=1S/C36H68O2.K.H/c1-3-5-7-9-11-13-15-17-19-21-23-25-27-29-31-33-35-38-36(37)34-32-30-28-26-24-22-20-18-16-14-12-10-8-6-4-2;;/h17-20H,3-16,21-35H2,1-2H3;;/b19-17-,20-18-;;. The van der Waals surface area contributed by atoms with Gasteiger partial charge in [-0.15, -0.1) is 0 Å². The first-order valence-corrected chi connectivity index (χ1v) is 17.3. The SMILES string of the molecule is CCCCCCCC/C=C\CCCCCCCCOC(=O)CCCCCCC/C=C\CCCCCCCC.[KH]. The number of carbonyl (C=O) groups excluding carboxylic acids is 1. The second-order valence-corrected chi connectivity index (χ2v) is 11.5. The van der Waals surface area contributed by atoms with Gasteiger partial charge in [0.2, 0.25) is 0 Å². The number of allylic oxidation sites excluding steroid dienone is 4. The third-order valence-electron chi connectivity index (χ3n) is 7.56. The van der Waals surface area contributed by atoms with E-state index >= 15 is 0 Å². The Balaban J connectivity index is 0. The zero-order chi connectivity index (χ0) is 27.6. The molecule has 0 aromatic rings. The van der Waals surface area contributed by atoms with E-state index in [0.29, 0.717) is 13.0 Å². The van der Waals surface area contributed by atoms with Crippen LogP contribution in [0.5, 0.6) is 0 Å². The van der Waals surface area contributed by atoms with E-state index in [9.17, 15) is 4.79 Å². The summed E-state index contributed by atoms with van der Waals surface area (Å²) < 4.78 is 5.42. The van der Waals surface area contributed by atoms with Crippen molar-refractivity contribution in [3.05, 3.63) is 24.3 Å². The number of rotatable bonds is 31. The predicted octanol–water partition coefficient (Wildman–Crippen LogP) is 12.0. The fourth-order valence-electron chi connectivity index (χ4n) is 4.95. The molecule has 39 heavy (non-hydrogen) atoms. The monoisotopic (exact) mass is 572 g/mol. The Morgan fingerprint density at radius 2 is 0.744 bits per heavy atom. The fourth-order valence-corrected chi connectivity index (χ4v) is 4.95. The molecule has 0 heterocycles. The van der Waals surface area contributed by atoms with Crippen LogP contribution in [-0.4, -0.2) is 64.0 Å². The van der Waals surface area contributed by atoms with Crippen LogP contribution < -0.4 is 0 Å². The number of unbranched alkanes of at least 4 members (excludes halogenated alkanes) is 23. The molecule has 0 aliphatic rings. The third-order valence-corrected chi connectivity index (χ3v) is 7.56. The number of carbonyl (C=O) groups is 1. The summed E-state index contributed by atoms with van der Waals surface area (Å²) in [5.41, 5.74) is 0. The Bertz CT molecular complexity index is 514. The average molecular weight is 573 g/mol. The molecular weight excluding hydrogens is 503 g/mol. The van der Waals surface area contributed by atoms with Crippen LogP contribution in [0.4, 0.5) is 0 Å². The van der Waals surface area contributed by atoms with Crippen LogP contribution in [-0.2, 0) is 9.53 Å². The molecule has 0 fully saturated rings. The summed E-state index contributed by atoms with van der Waals surface area (Å²) in [5.74, 6) is 0.00961. The van der Waals surface area contributed by atoms with E-state index in [2.05, 4.69) is 38.2 Å². The maximum atomic E-state index is 11.9. The van der Waals surface area contributed by atoms with Crippen molar-refractivity contribution in [2.45, 2.75) is 194 Å². The van der Waals surface area contributed by atoms with E-state index in [-0.39, 0.29) is 57.4 Å². The van der Waals surface area contributed by atoms with Gasteiger partial charge >= 0.3 is 57.4 Å². The van der Waals surface area contributed by atoms with Crippen molar-refractivity contribution in [2.75, 3.05) is 6.61 Å². The summed E-state index contributed by atoms with van der Waals surface area (Å²) >= 11 is 0. The molecule has 0 amide bonds. The summed E-state index contributed by atoms with van der Waals surface area (Å²) in [7, 11) is 0. The molecule has 0 saturated heterocycles. The number of ether oxygens (including phenoxy) is 1. The van der Waals surface area contributed by atoms with E-state index in [1.165, 1.54) is 154 Å². The van der Waals surface area contributed by atoms with Crippen LogP contribution in [0.15, 0.2) is 24.3 Å². The van der Waals surface area contributed by atoms with Crippen LogP contribution in [0.25, 0.3) is 0 Å². The van der Waals surface area contributed by atoms with Gasteiger partial charge in [-0.05, 0) is 64.2 Å². The molecule has 2 nitrogen and oxygen atoms in total. The first-order valence-electron chi connectivity index (χ1n) is 17.3. The van der Waals surface area contributed by atoms with Gasteiger partial charge in [-0.3, -0.25) is 4.79 Å². The van der Waals surface area contributed by atoms with Gasteiger partial charge in [0, 0.05) is 6.42 Å². The summed E-state index contributed by atoms with van der Waals surface area (Å²) in [4.78, 5) is 11.9. The molecule has 0 spiro atoms. The minimum atomic E-state index is 0. The molecule has 0 aromatic heterocycles. The molecule has 3 heteroatoms. The second-order valence-electron chi connectivity index (χ2n) is 11.5. The van der Waals surface area contributed by atoms with Crippen molar-refractivity contribution >= 4 is 57.4 Å². The van der Waals surface area contributed by atoms with Gasteiger partial charge in [0.05, 0.1) is 6.61 Å². The average Bonchev–Trinajstić information content (AvgIpc) is 2.92. The molecule has 0 bridgehead atoms. The molecule has 0 unspecified atom stereocenters. The molecule has 0 rings (SSSR count). The van der Waals surface area contributed by atoms with Gasteiger partial charge < -0.3 is 4.74 Å². The van der Waals surface area contributed by atoms with Gasteiger partial charge in [-0.2, -0.15) is 0 Å². The van der Waals surface area contributed by atoms with Crippen molar-refractivity contribution in [1.82, 2.24) is 0 Å². The van der Waals surface area contributed by atoms with Crippen LogP contribution in [0.2, 0.25) is 0 Å². The molecule has 0 atom stereocenters. The first kappa shape index (κ1) is 41.7. The van der Waals surface area contributed by atoms with Crippen LogP contribution in [0.3, 0.4) is 0 Å². The zero-order valence-electron chi connectivity index (χ0n) is 26.1. The topological polar surface area (TPSA) is 26.3 Å². The van der Waals surface area contributed by atoms with Crippen molar-refractivity contribution in [2.24, 2.45) is 0 Å². The van der Waals surface area contributed by atoms with E-state index in [0.717, 1.165) is 19.3 Å². The first-order chi connectivity index (χ1) is 18.8. The number of esters is 1. The Labute approximate surface area is 288 Å². The number of hydrogen-bond donors (Lipinski definition) is 0. The van der Waals surface area contributed by atoms with Crippen LogP contribution in [0.1, 0.15) is 194 Å². The molecule has 0 N–H and O–H groups in total. The van der Waals surface area contributed by atoms with Gasteiger partial charge in [-0.25, -0.2) is 0 Å². The van der Waals surface area contributed by atoms with Crippen molar-refractivity contribution in [3.8, 4) is 0 Å². The van der Waals surface area contributed by atoms with Crippen LogP contribution >= 0.6 is 0 Å². The molecule has 0 saturated carbocycles. The zero-order valence-corrected chi connectivity index (χ0v) is 26.1. The Morgan fingerprint density at radius 3 is 1.13 bits per heavy atom. The van der Waals surface area contributed by atoms with E-state index in [4.69, 9.17) is 4.74 Å². The Hall–Kier alpha value is 0.586. The molecule has 0 radical (unpaired) electrons. The quantitative estimate of drug-likeness (QED) is 0.0357. The third kappa shape index (κ3) is 38.6. The fraction of sp³-hybridized carbons (Fsp3) is 0.861. The Kier molecular flexibility index (Phi) is 41.3. The van der Waals surface area contributed by atoms with Crippen LogP contribution in [0, 0.1) is 0 Å². The molecule has 0 aromatic carbocycles. The maximum absolute atomic E-state index is 11.9. The van der Waals surface area contributed by atoms with E-state index in [1.807, 2.05) is 0 Å². The normalized spacial score (nSPS) is 11.4. The van der Waals surface area contributed by atoms with Crippen molar-refractivity contribution in [1.29, 1.82) is 0 Å². The van der Waals surface area contributed by atoms with Gasteiger partial charge in [0.1, 0.15) is 0 Å². The molecule has 0 aliphatic carbocycles. The predicted molar refractivity (Wildman–Crippen MR) is 177 cm³/mol. The summed E-state index contributed by atoms with van der Waals surface area (Å²) in [6.07, 6.45) is 45.2. The molecular formula is C36H69KO2. The molecule has 0 aliphatic heterocycles. The summed E-state index contributed by atoms with van der Waals surface area (Å²) in [5, 5.41) is 0. The number of hydrogen-bond acceptors (Lipinski definition) is 2. The van der Waals surface area contributed by atoms with Gasteiger partial charge in [0.15, 0.2) is 0 Å². The van der Waals surface area contributed by atoms with Crippen molar-refractivity contribution < 1.29 is 9.53 Å². The Morgan fingerprint density at radius 1 is 0.436 bits per heavy atom. The molecule has 226 valence electrons. The summed E-state index contributed by atoms with van der Waals surface area (Å²) in [6.45, 7) is 5.17. The van der Waals surface area contributed by atoms with E-state index in [1.54, 1.807) is 0 Å².